The topological polar surface area (TPSA) is 75.3 Å². The standard InChI is InChI=1S/C18H22N2O3S/c1-4-16(14-8-6-5-7-9-14)19-18(21)15-11-10-13(2)17(12-15)20-24(3,22)23/h5-12,16,20H,4H2,1-3H3,(H,19,21)/t16-/m0/s1. The summed E-state index contributed by atoms with van der Waals surface area (Å²) in [5.74, 6) is -0.234. The molecule has 6 heteroatoms. The van der Waals surface area contributed by atoms with Gasteiger partial charge in [0.15, 0.2) is 0 Å². The maximum Gasteiger partial charge on any atom is 0.251 e. The zero-order chi connectivity index (χ0) is 17.7. The average molecular weight is 346 g/mol. The Balaban J connectivity index is 2.22. The monoisotopic (exact) mass is 346 g/mol. The SMILES string of the molecule is CC[C@H](NC(=O)c1ccc(C)c(NS(C)(=O)=O)c1)c1ccccc1. The molecule has 2 N–H and O–H groups in total. The normalized spacial score (nSPS) is 12.5. The summed E-state index contributed by atoms with van der Waals surface area (Å²) in [6, 6.07) is 14.6. The Labute approximate surface area is 143 Å². The van der Waals surface area contributed by atoms with Crippen LogP contribution < -0.4 is 10.0 Å². The van der Waals surface area contributed by atoms with Crippen molar-refractivity contribution < 1.29 is 13.2 Å². The number of benzene rings is 2. The first-order chi connectivity index (χ1) is 11.3. The van der Waals surface area contributed by atoms with Gasteiger partial charge in [-0.2, -0.15) is 0 Å². The molecule has 2 aromatic rings. The lowest BCUT2D eigenvalue weighted by molar-refractivity contribution is 0.0935. The van der Waals surface area contributed by atoms with Crippen LogP contribution in [0.3, 0.4) is 0 Å². The lowest BCUT2D eigenvalue weighted by Gasteiger charge is -2.18. The predicted octanol–water partition coefficient (Wildman–Crippen LogP) is 3.25. The summed E-state index contributed by atoms with van der Waals surface area (Å²) >= 11 is 0. The van der Waals surface area contributed by atoms with Gasteiger partial charge in [0.1, 0.15) is 0 Å². The van der Waals surface area contributed by atoms with Crippen molar-refractivity contribution in [2.45, 2.75) is 26.3 Å². The highest BCUT2D eigenvalue weighted by Crippen LogP contribution is 2.20. The van der Waals surface area contributed by atoms with Crippen molar-refractivity contribution in [3.63, 3.8) is 0 Å². The molecule has 0 saturated heterocycles. The second kappa shape index (κ2) is 7.49. The van der Waals surface area contributed by atoms with Crippen molar-refractivity contribution in [3.05, 3.63) is 65.2 Å². The third-order valence-electron chi connectivity index (χ3n) is 3.71. The van der Waals surface area contributed by atoms with E-state index in [1.807, 2.05) is 37.3 Å². The van der Waals surface area contributed by atoms with E-state index in [-0.39, 0.29) is 11.9 Å². The smallest absolute Gasteiger partial charge is 0.251 e. The molecule has 0 radical (unpaired) electrons. The molecule has 2 rings (SSSR count). The van der Waals surface area contributed by atoms with Crippen molar-refractivity contribution in [3.8, 4) is 0 Å². The van der Waals surface area contributed by atoms with Crippen LogP contribution in [0.1, 0.15) is 40.9 Å². The number of carbonyl (C=O) groups is 1. The summed E-state index contributed by atoms with van der Waals surface area (Å²) in [4.78, 5) is 12.5. The van der Waals surface area contributed by atoms with Crippen molar-refractivity contribution in [1.82, 2.24) is 5.32 Å². The molecule has 0 aliphatic rings. The Hall–Kier alpha value is -2.34. The van der Waals surface area contributed by atoms with E-state index in [9.17, 15) is 13.2 Å². The fourth-order valence-electron chi connectivity index (χ4n) is 2.42. The number of hydrogen-bond donors (Lipinski definition) is 2. The Morgan fingerprint density at radius 2 is 1.79 bits per heavy atom. The molecule has 24 heavy (non-hydrogen) atoms. The van der Waals surface area contributed by atoms with Crippen molar-refractivity contribution >= 4 is 21.6 Å². The minimum atomic E-state index is -3.39. The molecule has 0 saturated carbocycles. The van der Waals surface area contributed by atoms with E-state index in [2.05, 4.69) is 10.0 Å². The third kappa shape index (κ3) is 4.83. The highest BCUT2D eigenvalue weighted by molar-refractivity contribution is 7.92. The molecule has 0 aliphatic heterocycles. The van der Waals surface area contributed by atoms with Gasteiger partial charge in [-0.1, -0.05) is 43.3 Å². The average Bonchev–Trinajstić information content (AvgIpc) is 2.54. The molecular formula is C18H22N2O3S. The summed E-state index contributed by atoms with van der Waals surface area (Å²) in [5.41, 5.74) is 2.63. The Morgan fingerprint density at radius 1 is 1.12 bits per heavy atom. The van der Waals surface area contributed by atoms with Gasteiger partial charge in [-0.3, -0.25) is 9.52 Å². The van der Waals surface area contributed by atoms with E-state index in [0.29, 0.717) is 11.3 Å². The fourth-order valence-corrected chi connectivity index (χ4v) is 3.04. The second-order valence-electron chi connectivity index (χ2n) is 5.75. The Morgan fingerprint density at radius 3 is 2.38 bits per heavy atom. The van der Waals surface area contributed by atoms with Gasteiger partial charge in [-0.25, -0.2) is 8.42 Å². The summed E-state index contributed by atoms with van der Waals surface area (Å²) < 4.78 is 25.3. The first-order valence-electron chi connectivity index (χ1n) is 7.74. The maximum atomic E-state index is 12.5. The minimum Gasteiger partial charge on any atom is -0.345 e. The molecule has 2 aromatic carbocycles. The van der Waals surface area contributed by atoms with Gasteiger partial charge in [0.25, 0.3) is 5.91 Å². The molecule has 0 bridgehead atoms. The lowest BCUT2D eigenvalue weighted by atomic mass is 10.0. The van der Waals surface area contributed by atoms with Crippen LogP contribution in [-0.2, 0) is 10.0 Å². The molecule has 0 aromatic heterocycles. The molecule has 0 fully saturated rings. The maximum absolute atomic E-state index is 12.5. The van der Waals surface area contributed by atoms with Crippen LogP contribution in [0.15, 0.2) is 48.5 Å². The zero-order valence-corrected chi connectivity index (χ0v) is 14.9. The van der Waals surface area contributed by atoms with E-state index < -0.39 is 10.0 Å². The van der Waals surface area contributed by atoms with Gasteiger partial charge in [-0.05, 0) is 36.6 Å². The van der Waals surface area contributed by atoms with Gasteiger partial charge in [-0.15, -0.1) is 0 Å². The number of sulfonamides is 1. The molecule has 5 nitrogen and oxygen atoms in total. The predicted molar refractivity (Wildman–Crippen MR) is 96.6 cm³/mol. The van der Waals surface area contributed by atoms with Gasteiger partial charge >= 0.3 is 0 Å². The van der Waals surface area contributed by atoms with Crippen LogP contribution in [-0.4, -0.2) is 20.6 Å². The molecule has 1 amide bonds. The van der Waals surface area contributed by atoms with Crippen LogP contribution in [0.5, 0.6) is 0 Å². The van der Waals surface area contributed by atoms with E-state index in [1.165, 1.54) is 0 Å². The van der Waals surface area contributed by atoms with Crippen LogP contribution in [0.4, 0.5) is 5.69 Å². The molecule has 0 heterocycles. The zero-order valence-electron chi connectivity index (χ0n) is 14.0. The first-order valence-corrected chi connectivity index (χ1v) is 9.63. The second-order valence-corrected chi connectivity index (χ2v) is 7.50. The quantitative estimate of drug-likeness (QED) is 0.843. The molecule has 0 aliphatic carbocycles. The van der Waals surface area contributed by atoms with Crippen molar-refractivity contribution in [2.24, 2.45) is 0 Å². The van der Waals surface area contributed by atoms with Crippen LogP contribution in [0.2, 0.25) is 0 Å². The van der Waals surface area contributed by atoms with Gasteiger partial charge in [0, 0.05) is 5.56 Å². The summed E-state index contributed by atoms with van der Waals surface area (Å²) in [7, 11) is -3.39. The van der Waals surface area contributed by atoms with E-state index in [0.717, 1.165) is 23.8 Å². The Kier molecular flexibility index (Phi) is 5.62. The minimum absolute atomic E-state index is 0.0914. The summed E-state index contributed by atoms with van der Waals surface area (Å²) in [6.07, 6.45) is 1.85. The van der Waals surface area contributed by atoms with Crippen molar-refractivity contribution in [1.29, 1.82) is 0 Å². The lowest BCUT2D eigenvalue weighted by Crippen LogP contribution is -2.28. The summed E-state index contributed by atoms with van der Waals surface area (Å²) in [6.45, 7) is 3.79. The van der Waals surface area contributed by atoms with E-state index >= 15 is 0 Å². The third-order valence-corrected chi connectivity index (χ3v) is 4.30. The van der Waals surface area contributed by atoms with Crippen LogP contribution >= 0.6 is 0 Å². The molecule has 128 valence electrons. The van der Waals surface area contributed by atoms with Crippen molar-refractivity contribution in [2.75, 3.05) is 11.0 Å². The fraction of sp³-hybridized carbons (Fsp3) is 0.278. The van der Waals surface area contributed by atoms with Gasteiger partial charge < -0.3 is 5.32 Å². The highest BCUT2D eigenvalue weighted by Gasteiger charge is 2.15. The number of amides is 1. The number of rotatable bonds is 6. The number of carbonyl (C=O) groups excluding carboxylic acids is 1. The van der Waals surface area contributed by atoms with Crippen LogP contribution in [0.25, 0.3) is 0 Å². The summed E-state index contributed by atoms with van der Waals surface area (Å²) in [5, 5.41) is 2.99. The van der Waals surface area contributed by atoms with Gasteiger partial charge in [0.05, 0.1) is 18.0 Å². The van der Waals surface area contributed by atoms with E-state index in [1.54, 1.807) is 25.1 Å². The van der Waals surface area contributed by atoms with E-state index in [4.69, 9.17) is 0 Å². The number of hydrogen-bond acceptors (Lipinski definition) is 3. The number of anilines is 1. The number of nitrogens with one attached hydrogen (secondary N) is 2. The van der Waals surface area contributed by atoms with Gasteiger partial charge in [0.2, 0.25) is 10.0 Å². The highest BCUT2D eigenvalue weighted by atomic mass is 32.2. The largest absolute Gasteiger partial charge is 0.345 e. The first kappa shape index (κ1) is 18.0. The Bertz CT molecular complexity index is 817. The molecule has 1 atom stereocenters. The molecule has 0 spiro atoms. The molecular weight excluding hydrogens is 324 g/mol. The van der Waals surface area contributed by atoms with Crippen LogP contribution in [0, 0.1) is 6.92 Å². The molecule has 0 unspecified atom stereocenters. The number of aryl methyl sites for hydroxylation is 1.